The van der Waals surface area contributed by atoms with Crippen LogP contribution in [0.25, 0.3) is 44.6 Å². The summed E-state index contributed by atoms with van der Waals surface area (Å²) in [5.74, 6) is 0. The van der Waals surface area contributed by atoms with Crippen LogP contribution < -0.4 is 4.57 Å². The van der Waals surface area contributed by atoms with Crippen LogP contribution in [0, 0.1) is 21.4 Å². The van der Waals surface area contributed by atoms with Gasteiger partial charge in [-0.1, -0.05) is 51.2 Å². The van der Waals surface area contributed by atoms with E-state index in [-0.39, 0.29) is 5.69 Å². The highest BCUT2D eigenvalue weighted by atomic mass is 16.6. The lowest BCUT2D eigenvalue weighted by Crippen LogP contribution is -2.25. The molecule has 0 fully saturated rings. The summed E-state index contributed by atoms with van der Waals surface area (Å²) in [6.45, 7) is 3.21. The van der Waals surface area contributed by atoms with Crippen molar-refractivity contribution < 1.29 is 9.49 Å². The van der Waals surface area contributed by atoms with E-state index in [0.29, 0.717) is 11.1 Å². The number of benzene rings is 3. The average Bonchev–Trinajstić information content (AvgIpc) is 3.30. The Hall–Kier alpha value is -4.76. The largest absolute Gasteiger partial charge is 0.340 e. The van der Waals surface area contributed by atoms with Crippen LogP contribution in [0.3, 0.4) is 0 Å². The Kier molecular flexibility index (Phi) is 8.55. The van der Waals surface area contributed by atoms with E-state index in [4.69, 9.17) is 0 Å². The second kappa shape index (κ2) is 12.6. The summed E-state index contributed by atoms with van der Waals surface area (Å²) in [6.07, 6.45) is 13.5. The smallest absolute Gasteiger partial charge is 0.269 e. The minimum Gasteiger partial charge on any atom is -0.340 e. The average molecular weight is 544 g/mol. The van der Waals surface area contributed by atoms with Gasteiger partial charge in [0.2, 0.25) is 0 Å². The molecule has 3 aromatic carbocycles. The summed E-state index contributed by atoms with van der Waals surface area (Å²) in [4.78, 5) is 10.6. The van der Waals surface area contributed by atoms with Crippen LogP contribution in [-0.4, -0.2) is 9.49 Å². The SMILES string of the molecule is CCCCCCCCn1c2ccc(/C=C(\C#N)c3ccc([N+](=O)[O-])cc3)cc2c2cc(-c3cc[n+](C)cc3)ccc21. The van der Waals surface area contributed by atoms with Crippen molar-refractivity contribution in [2.45, 2.75) is 52.0 Å². The van der Waals surface area contributed by atoms with E-state index in [1.807, 2.05) is 17.7 Å². The van der Waals surface area contributed by atoms with Gasteiger partial charge in [0.25, 0.3) is 5.69 Å². The third-order valence-corrected chi connectivity index (χ3v) is 7.76. The van der Waals surface area contributed by atoms with Crippen LogP contribution in [0.4, 0.5) is 5.69 Å². The number of nitriles is 1. The molecule has 0 amide bonds. The fourth-order valence-electron chi connectivity index (χ4n) is 5.49. The third kappa shape index (κ3) is 6.20. The molecule has 0 spiro atoms. The molecular formula is C35H35N4O2+. The highest BCUT2D eigenvalue weighted by Crippen LogP contribution is 2.34. The molecule has 206 valence electrons. The molecule has 0 unspecified atom stereocenters. The number of fused-ring (bicyclic) bond motifs is 3. The quantitative estimate of drug-likeness (QED) is 0.0418. The maximum absolute atomic E-state index is 11.1. The molecule has 6 heteroatoms. The van der Waals surface area contributed by atoms with Crippen molar-refractivity contribution in [2.75, 3.05) is 0 Å². The van der Waals surface area contributed by atoms with Crippen LogP contribution >= 0.6 is 0 Å². The fraction of sp³-hybridized carbons (Fsp3) is 0.257. The van der Waals surface area contributed by atoms with Crippen LogP contribution in [-0.2, 0) is 13.6 Å². The summed E-state index contributed by atoms with van der Waals surface area (Å²) in [5.41, 5.74) is 6.80. The topological polar surface area (TPSA) is 75.7 Å². The predicted octanol–water partition coefficient (Wildman–Crippen LogP) is 8.62. The van der Waals surface area contributed by atoms with E-state index in [1.165, 1.54) is 71.8 Å². The van der Waals surface area contributed by atoms with Gasteiger partial charge in [-0.3, -0.25) is 10.1 Å². The van der Waals surface area contributed by atoms with Gasteiger partial charge in [-0.25, -0.2) is 4.57 Å². The number of aromatic nitrogens is 2. The molecule has 0 N–H and O–H groups in total. The van der Waals surface area contributed by atoms with E-state index in [9.17, 15) is 15.4 Å². The lowest BCUT2D eigenvalue weighted by Gasteiger charge is -2.08. The summed E-state index contributed by atoms with van der Waals surface area (Å²) in [6, 6.07) is 25.8. The minimum absolute atomic E-state index is 0.00797. The van der Waals surface area contributed by atoms with Crippen molar-refractivity contribution >= 4 is 39.1 Å². The van der Waals surface area contributed by atoms with Gasteiger partial charge in [0.15, 0.2) is 12.4 Å². The monoisotopic (exact) mass is 543 g/mol. The third-order valence-electron chi connectivity index (χ3n) is 7.76. The highest BCUT2D eigenvalue weighted by molar-refractivity contribution is 6.10. The fourth-order valence-corrected chi connectivity index (χ4v) is 5.49. The Morgan fingerprint density at radius 3 is 2.22 bits per heavy atom. The van der Waals surface area contributed by atoms with Gasteiger partial charge in [-0.15, -0.1) is 0 Å². The summed E-state index contributed by atoms with van der Waals surface area (Å²) in [5, 5.41) is 23.3. The first kappa shape index (κ1) is 27.8. The number of nitro benzene ring substituents is 1. The first-order chi connectivity index (χ1) is 20.0. The zero-order valence-corrected chi connectivity index (χ0v) is 23.7. The molecule has 0 radical (unpaired) electrons. The maximum atomic E-state index is 11.1. The number of hydrogen-bond donors (Lipinski definition) is 0. The first-order valence-electron chi connectivity index (χ1n) is 14.4. The van der Waals surface area contributed by atoms with Gasteiger partial charge in [0.1, 0.15) is 7.05 Å². The van der Waals surface area contributed by atoms with Gasteiger partial charge < -0.3 is 4.57 Å². The van der Waals surface area contributed by atoms with E-state index >= 15 is 0 Å². The summed E-state index contributed by atoms with van der Waals surface area (Å²) in [7, 11) is 2.02. The van der Waals surface area contributed by atoms with Gasteiger partial charge in [-0.2, -0.15) is 5.26 Å². The van der Waals surface area contributed by atoms with E-state index in [2.05, 4.69) is 78.5 Å². The van der Waals surface area contributed by atoms with Crippen LogP contribution in [0.15, 0.2) is 85.2 Å². The number of pyridine rings is 1. The maximum Gasteiger partial charge on any atom is 0.269 e. The molecule has 0 aliphatic carbocycles. The number of nitro groups is 1. The number of non-ortho nitro benzene ring substituents is 1. The van der Waals surface area contributed by atoms with Crippen molar-refractivity contribution in [1.29, 1.82) is 5.26 Å². The number of nitrogens with zero attached hydrogens (tertiary/aromatic N) is 4. The second-order valence-electron chi connectivity index (χ2n) is 10.7. The Labute approximate surface area is 240 Å². The number of rotatable bonds is 11. The van der Waals surface area contributed by atoms with Gasteiger partial charge in [0, 0.05) is 52.6 Å². The molecule has 5 rings (SSSR count). The highest BCUT2D eigenvalue weighted by Gasteiger charge is 2.14. The Balaban J connectivity index is 1.56. The summed E-state index contributed by atoms with van der Waals surface area (Å²) >= 11 is 0. The first-order valence-corrected chi connectivity index (χ1v) is 14.4. The van der Waals surface area contributed by atoms with Crippen LogP contribution in [0.2, 0.25) is 0 Å². The molecule has 0 bridgehead atoms. The molecule has 41 heavy (non-hydrogen) atoms. The zero-order chi connectivity index (χ0) is 28.8. The zero-order valence-electron chi connectivity index (χ0n) is 23.7. The van der Waals surface area contributed by atoms with Crippen molar-refractivity contribution in [3.63, 3.8) is 0 Å². The van der Waals surface area contributed by atoms with Crippen molar-refractivity contribution in [3.8, 4) is 17.2 Å². The molecule has 5 aromatic rings. The van der Waals surface area contributed by atoms with E-state index in [1.54, 1.807) is 12.1 Å². The van der Waals surface area contributed by atoms with Crippen molar-refractivity contribution in [1.82, 2.24) is 4.57 Å². The van der Waals surface area contributed by atoms with E-state index in [0.717, 1.165) is 23.9 Å². The van der Waals surface area contributed by atoms with E-state index < -0.39 is 4.92 Å². The Bertz CT molecular complexity index is 1760. The molecule has 0 saturated carbocycles. The van der Waals surface area contributed by atoms with Gasteiger partial charge in [-0.05, 0) is 71.1 Å². The predicted molar refractivity (Wildman–Crippen MR) is 166 cm³/mol. The molecular weight excluding hydrogens is 508 g/mol. The molecule has 0 saturated heterocycles. The normalized spacial score (nSPS) is 11.7. The molecule has 6 nitrogen and oxygen atoms in total. The number of aryl methyl sites for hydroxylation is 2. The Morgan fingerprint density at radius 1 is 0.878 bits per heavy atom. The molecule has 0 aliphatic heterocycles. The molecule has 2 aromatic heterocycles. The van der Waals surface area contributed by atoms with Crippen molar-refractivity contribution in [2.24, 2.45) is 7.05 Å². The molecule has 0 atom stereocenters. The lowest BCUT2D eigenvalue weighted by atomic mass is 10.0. The molecule has 2 heterocycles. The van der Waals surface area contributed by atoms with Crippen molar-refractivity contribution in [3.05, 3.63) is 106 Å². The molecule has 0 aliphatic rings. The Morgan fingerprint density at radius 2 is 1.54 bits per heavy atom. The van der Waals surface area contributed by atoms with Gasteiger partial charge in [0.05, 0.1) is 16.6 Å². The number of hydrogen-bond acceptors (Lipinski definition) is 3. The number of unbranched alkanes of at least 4 members (excludes halogenated alkanes) is 5. The summed E-state index contributed by atoms with van der Waals surface area (Å²) < 4.78 is 4.47. The lowest BCUT2D eigenvalue weighted by molar-refractivity contribution is -0.671. The van der Waals surface area contributed by atoms with Crippen LogP contribution in [0.1, 0.15) is 56.6 Å². The second-order valence-corrected chi connectivity index (χ2v) is 10.7. The standard InChI is InChI=1S/C35H35N4O2/c1-3-4-5-6-7-8-19-38-34-15-9-26(22-30(25-36)27-10-13-31(14-11-27)39(40)41)23-32(34)33-24-29(12-16-35(33)38)28-17-20-37(2)21-18-28/h9-18,20-24H,3-8,19H2,1-2H3/q+1/b30-22+. The minimum atomic E-state index is -0.432. The van der Waals surface area contributed by atoms with Gasteiger partial charge >= 0.3 is 0 Å². The number of allylic oxidation sites excluding steroid dienone is 1. The van der Waals surface area contributed by atoms with Crippen LogP contribution in [0.5, 0.6) is 0 Å².